The Morgan fingerprint density at radius 3 is 2.45 bits per heavy atom. The molecule has 0 aliphatic rings. The molecule has 0 heterocycles. The topological polar surface area (TPSA) is 92.9 Å². The van der Waals surface area contributed by atoms with Gasteiger partial charge in [0.05, 0.1) is 13.2 Å². The number of carbonyl (C=O) groups is 2. The fraction of sp³-hybridized carbons (Fsp3) is 0.867. The average molecular weight is 320 g/mol. The number of nitrogens with zero attached hydrogens (tertiary/aromatic N) is 1. The highest BCUT2D eigenvalue weighted by molar-refractivity contribution is 5.72. The summed E-state index contributed by atoms with van der Waals surface area (Å²) in [5.74, 6) is -1.04. The van der Waals surface area contributed by atoms with Crippen LogP contribution >= 0.6 is 0 Å². The Kier molecular flexibility index (Phi) is 11.4. The number of halogens is 1. The maximum Gasteiger partial charge on any atom is 0.409 e. The summed E-state index contributed by atoms with van der Waals surface area (Å²) in [6, 6.07) is -0.894. The van der Waals surface area contributed by atoms with E-state index in [-0.39, 0.29) is 13.2 Å². The van der Waals surface area contributed by atoms with E-state index in [2.05, 4.69) is 0 Å². The van der Waals surface area contributed by atoms with Crippen molar-refractivity contribution in [1.82, 2.24) is 4.90 Å². The highest BCUT2D eigenvalue weighted by Crippen LogP contribution is 2.10. The van der Waals surface area contributed by atoms with Gasteiger partial charge in [-0.2, -0.15) is 0 Å². The van der Waals surface area contributed by atoms with E-state index in [1.54, 1.807) is 6.92 Å². The second kappa shape index (κ2) is 12.2. The monoisotopic (exact) mass is 320 g/mol. The molecule has 6 nitrogen and oxygen atoms in total. The third-order valence-electron chi connectivity index (χ3n) is 3.33. The van der Waals surface area contributed by atoms with E-state index in [1.165, 1.54) is 4.90 Å². The van der Waals surface area contributed by atoms with Crippen molar-refractivity contribution in [3.05, 3.63) is 0 Å². The summed E-state index contributed by atoms with van der Waals surface area (Å²) in [4.78, 5) is 23.8. The minimum absolute atomic E-state index is 0.0177. The molecule has 1 amide bonds. The third-order valence-corrected chi connectivity index (χ3v) is 3.33. The van der Waals surface area contributed by atoms with Gasteiger partial charge >= 0.3 is 12.1 Å². The fourth-order valence-electron chi connectivity index (χ4n) is 2.02. The molecular formula is C15H29FN2O4. The van der Waals surface area contributed by atoms with Gasteiger partial charge in [-0.15, -0.1) is 0 Å². The van der Waals surface area contributed by atoms with Gasteiger partial charge in [0.2, 0.25) is 0 Å². The normalized spacial score (nSPS) is 13.5. The number of rotatable bonds is 12. The number of carbonyl (C=O) groups excluding carboxylic acids is 1. The van der Waals surface area contributed by atoms with Crippen LogP contribution in [0.5, 0.6) is 0 Å². The van der Waals surface area contributed by atoms with Crippen molar-refractivity contribution in [2.24, 2.45) is 5.73 Å². The maximum atomic E-state index is 13.8. The van der Waals surface area contributed by atoms with Gasteiger partial charge in [-0.3, -0.25) is 4.79 Å². The molecule has 0 aromatic rings. The molecule has 0 fully saturated rings. The van der Waals surface area contributed by atoms with Crippen LogP contribution in [0.2, 0.25) is 0 Å². The van der Waals surface area contributed by atoms with E-state index >= 15 is 0 Å². The molecule has 0 spiro atoms. The molecule has 3 N–H and O–H groups in total. The summed E-state index contributed by atoms with van der Waals surface area (Å²) in [7, 11) is 0. The van der Waals surface area contributed by atoms with E-state index in [4.69, 9.17) is 15.6 Å². The minimum Gasteiger partial charge on any atom is -0.480 e. The first-order valence-electron chi connectivity index (χ1n) is 7.96. The number of ether oxygens (including phenoxy) is 1. The van der Waals surface area contributed by atoms with Crippen molar-refractivity contribution in [3.8, 4) is 0 Å². The van der Waals surface area contributed by atoms with Crippen molar-refractivity contribution in [2.75, 3.05) is 19.7 Å². The van der Waals surface area contributed by atoms with Crippen molar-refractivity contribution in [1.29, 1.82) is 0 Å². The van der Waals surface area contributed by atoms with Crippen LogP contribution in [0.4, 0.5) is 9.18 Å². The number of aliphatic carboxylic acids is 1. The van der Waals surface area contributed by atoms with Crippen molar-refractivity contribution >= 4 is 12.1 Å². The smallest absolute Gasteiger partial charge is 0.409 e. The van der Waals surface area contributed by atoms with Crippen LogP contribution in [0.25, 0.3) is 0 Å². The number of unbranched alkanes of at least 4 members (excludes halogenated alkanes) is 2. The lowest BCUT2D eigenvalue weighted by atomic mass is 10.1. The number of hydrogen-bond donors (Lipinski definition) is 2. The quantitative estimate of drug-likeness (QED) is 0.539. The Morgan fingerprint density at radius 1 is 1.23 bits per heavy atom. The van der Waals surface area contributed by atoms with Gasteiger partial charge in [0.1, 0.15) is 12.2 Å². The van der Waals surface area contributed by atoms with Gasteiger partial charge < -0.3 is 20.5 Å². The van der Waals surface area contributed by atoms with E-state index in [1.807, 2.05) is 6.92 Å². The summed E-state index contributed by atoms with van der Waals surface area (Å²) in [6.07, 6.45) is 2.00. The third kappa shape index (κ3) is 9.55. The zero-order chi connectivity index (χ0) is 17.0. The standard InChI is InChI=1S/C15H29FN2O4/c1-3-5-8-12(16)11-18(15(21)22-4-2)10-7-6-9-13(17)14(19)20/h12-13H,3-11,17H2,1-2H3,(H,19,20)/t12?,13-/m0/s1. The summed E-state index contributed by atoms with van der Waals surface area (Å²) in [5.41, 5.74) is 5.41. The second-order valence-electron chi connectivity index (χ2n) is 5.32. The van der Waals surface area contributed by atoms with Crippen LogP contribution in [-0.2, 0) is 9.53 Å². The summed E-state index contributed by atoms with van der Waals surface area (Å²) in [5, 5.41) is 8.69. The van der Waals surface area contributed by atoms with E-state index in [0.29, 0.717) is 32.2 Å². The van der Waals surface area contributed by atoms with Gasteiger partial charge in [-0.1, -0.05) is 19.8 Å². The number of nitrogens with two attached hydrogens (primary N) is 1. The molecule has 0 aromatic carbocycles. The average Bonchev–Trinajstić information content (AvgIpc) is 2.47. The Morgan fingerprint density at radius 2 is 1.91 bits per heavy atom. The van der Waals surface area contributed by atoms with Crippen LogP contribution < -0.4 is 5.73 Å². The molecule has 0 rings (SSSR count). The highest BCUT2D eigenvalue weighted by atomic mass is 19.1. The predicted molar refractivity (Wildman–Crippen MR) is 82.5 cm³/mol. The largest absolute Gasteiger partial charge is 0.480 e. The van der Waals surface area contributed by atoms with Gasteiger partial charge in [0.25, 0.3) is 0 Å². The Bertz CT molecular complexity index is 329. The predicted octanol–water partition coefficient (Wildman–Crippen LogP) is 2.56. The molecule has 0 bridgehead atoms. The van der Waals surface area contributed by atoms with Gasteiger partial charge in [-0.25, -0.2) is 9.18 Å². The molecule has 0 saturated heterocycles. The maximum absolute atomic E-state index is 13.8. The lowest BCUT2D eigenvalue weighted by molar-refractivity contribution is -0.138. The molecule has 0 aliphatic carbocycles. The minimum atomic E-state index is -1.06. The lowest BCUT2D eigenvalue weighted by Gasteiger charge is -2.23. The van der Waals surface area contributed by atoms with E-state index in [9.17, 15) is 14.0 Å². The lowest BCUT2D eigenvalue weighted by Crippen LogP contribution is -2.37. The Labute approximate surface area is 131 Å². The van der Waals surface area contributed by atoms with Crippen LogP contribution in [0.15, 0.2) is 0 Å². The fourth-order valence-corrected chi connectivity index (χ4v) is 2.02. The van der Waals surface area contributed by atoms with Crippen LogP contribution in [0, 0.1) is 0 Å². The van der Waals surface area contributed by atoms with Crippen molar-refractivity contribution in [2.45, 2.75) is 64.6 Å². The zero-order valence-corrected chi connectivity index (χ0v) is 13.6. The molecule has 7 heteroatoms. The molecular weight excluding hydrogens is 291 g/mol. The number of alkyl halides is 1. The van der Waals surface area contributed by atoms with Gasteiger partial charge in [0, 0.05) is 6.54 Å². The molecule has 130 valence electrons. The summed E-state index contributed by atoms with van der Waals surface area (Å²) in [6.45, 7) is 4.29. The van der Waals surface area contributed by atoms with Crippen LogP contribution in [0.3, 0.4) is 0 Å². The van der Waals surface area contributed by atoms with E-state index < -0.39 is 24.3 Å². The number of carboxylic acid groups (broad SMARTS) is 1. The second-order valence-corrected chi connectivity index (χ2v) is 5.32. The molecule has 22 heavy (non-hydrogen) atoms. The first-order valence-corrected chi connectivity index (χ1v) is 7.96. The molecule has 1 unspecified atom stereocenters. The van der Waals surface area contributed by atoms with Crippen LogP contribution in [0.1, 0.15) is 52.4 Å². The number of hydrogen-bond acceptors (Lipinski definition) is 4. The van der Waals surface area contributed by atoms with Crippen molar-refractivity contribution in [3.63, 3.8) is 0 Å². The van der Waals surface area contributed by atoms with Gasteiger partial charge in [0.15, 0.2) is 0 Å². The Hall–Kier alpha value is -1.37. The SMILES string of the molecule is CCCCC(F)CN(CCCC[C@H](N)C(=O)O)C(=O)OCC. The summed E-state index contributed by atoms with van der Waals surface area (Å²) < 4.78 is 18.8. The van der Waals surface area contributed by atoms with Crippen molar-refractivity contribution < 1.29 is 23.8 Å². The Balaban J connectivity index is 4.24. The van der Waals surface area contributed by atoms with Gasteiger partial charge in [-0.05, 0) is 32.6 Å². The first kappa shape index (κ1) is 20.6. The number of carboxylic acids is 1. The molecule has 0 aromatic heterocycles. The highest BCUT2D eigenvalue weighted by Gasteiger charge is 2.19. The molecule has 0 aliphatic heterocycles. The zero-order valence-electron chi connectivity index (χ0n) is 13.6. The van der Waals surface area contributed by atoms with Crippen LogP contribution in [-0.4, -0.2) is 54.0 Å². The molecule has 2 atom stereocenters. The first-order chi connectivity index (χ1) is 10.4. The van der Waals surface area contributed by atoms with E-state index in [0.717, 1.165) is 12.8 Å². The molecule has 0 saturated carbocycles. The number of amides is 1. The summed E-state index contributed by atoms with van der Waals surface area (Å²) >= 11 is 0. The molecule has 0 radical (unpaired) electrons.